The Morgan fingerprint density at radius 3 is 2.92 bits per heavy atom. The van der Waals surface area contributed by atoms with Gasteiger partial charge >= 0.3 is 0 Å². The minimum absolute atomic E-state index is 0.0202. The van der Waals surface area contributed by atoms with Crippen molar-refractivity contribution in [1.29, 1.82) is 0 Å². The van der Waals surface area contributed by atoms with Crippen molar-refractivity contribution in [3.63, 3.8) is 0 Å². The van der Waals surface area contributed by atoms with Gasteiger partial charge in [-0.15, -0.1) is 0 Å². The molecule has 1 atom stereocenters. The Hall–Kier alpha value is -1.41. The van der Waals surface area contributed by atoms with Gasteiger partial charge in [0.15, 0.2) is 0 Å². The molecule has 2 N–H and O–H groups in total. The summed E-state index contributed by atoms with van der Waals surface area (Å²) in [5.74, 6) is 0.281. The van der Waals surface area contributed by atoms with Gasteiger partial charge in [0, 0.05) is 43.3 Å². The Morgan fingerprint density at radius 2 is 2.20 bits per heavy atom. The average Bonchev–Trinajstić information content (AvgIpc) is 3.01. The lowest BCUT2D eigenvalue weighted by Crippen LogP contribution is -2.64. The number of nitrogens with zero attached hydrogens (tertiary/aromatic N) is 1. The minimum Gasteiger partial charge on any atom is -0.372 e. The van der Waals surface area contributed by atoms with E-state index in [9.17, 15) is 8.42 Å². The van der Waals surface area contributed by atoms with E-state index in [-0.39, 0.29) is 11.5 Å². The molecule has 0 aliphatic carbocycles. The molecule has 1 spiro atoms. The number of ether oxygens (including phenoxy) is 1. The van der Waals surface area contributed by atoms with E-state index in [1.165, 1.54) is 22.7 Å². The number of hydrogen-bond donors (Lipinski definition) is 2. The normalized spacial score (nSPS) is 23.8. The number of sulfonamides is 1. The van der Waals surface area contributed by atoms with E-state index in [2.05, 4.69) is 38.9 Å². The number of nitrogens with one attached hydrogen (secondary N) is 2. The molecule has 0 radical (unpaired) electrons. The number of likely N-dealkylation sites (tertiary alicyclic amines) is 1. The van der Waals surface area contributed by atoms with Crippen LogP contribution in [0.25, 0.3) is 10.9 Å². The Labute approximate surface area is 148 Å². The lowest BCUT2D eigenvalue weighted by atomic mass is 9.82. The third kappa shape index (κ3) is 3.74. The van der Waals surface area contributed by atoms with Gasteiger partial charge < -0.3 is 9.72 Å². The van der Waals surface area contributed by atoms with Gasteiger partial charge in [0.05, 0.1) is 18.5 Å². The van der Waals surface area contributed by atoms with E-state index in [0.29, 0.717) is 13.2 Å². The molecule has 0 saturated carbocycles. The monoisotopic (exact) mass is 363 g/mol. The second-order valence-corrected chi connectivity index (χ2v) is 9.35. The molecular weight excluding hydrogens is 338 g/mol. The van der Waals surface area contributed by atoms with Crippen molar-refractivity contribution in [3.05, 3.63) is 36.0 Å². The number of aromatic amines is 1. The Bertz CT molecular complexity index is 845. The Kier molecular flexibility index (Phi) is 4.35. The van der Waals surface area contributed by atoms with Gasteiger partial charge in [-0.25, -0.2) is 13.1 Å². The van der Waals surface area contributed by atoms with Gasteiger partial charge in [-0.05, 0) is 36.5 Å². The highest BCUT2D eigenvalue weighted by Gasteiger charge is 2.46. The number of fused-ring (bicyclic) bond motifs is 1. The first kappa shape index (κ1) is 17.0. The van der Waals surface area contributed by atoms with Crippen molar-refractivity contribution in [1.82, 2.24) is 14.6 Å². The first-order valence-corrected chi connectivity index (χ1v) is 10.7. The van der Waals surface area contributed by atoms with E-state index in [0.717, 1.165) is 32.5 Å². The molecule has 4 rings (SSSR count). The van der Waals surface area contributed by atoms with Crippen LogP contribution in [0.3, 0.4) is 0 Å². The van der Waals surface area contributed by atoms with Gasteiger partial charge in [-0.2, -0.15) is 0 Å². The van der Waals surface area contributed by atoms with Gasteiger partial charge in [0.1, 0.15) is 0 Å². The molecule has 1 unspecified atom stereocenters. The zero-order valence-electron chi connectivity index (χ0n) is 14.5. The van der Waals surface area contributed by atoms with Gasteiger partial charge in [0.25, 0.3) is 0 Å². The van der Waals surface area contributed by atoms with Crippen molar-refractivity contribution in [2.24, 2.45) is 5.92 Å². The van der Waals surface area contributed by atoms with Gasteiger partial charge in [-0.1, -0.05) is 12.1 Å². The van der Waals surface area contributed by atoms with Crippen molar-refractivity contribution in [2.45, 2.75) is 25.0 Å². The van der Waals surface area contributed by atoms with Crippen LogP contribution in [-0.2, 0) is 21.3 Å². The lowest BCUT2D eigenvalue weighted by molar-refractivity contribution is -0.180. The lowest BCUT2D eigenvalue weighted by Gasteiger charge is -2.53. The van der Waals surface area contributed by atoms with Crippen molar-refractivity contribution >= 4 is 20.9 Å². The van der Waals surface area contributed by atoms with Crippen molar-refractivity contribution < 1.29 is 13.2 Å². The third-order valence-corrected chi connectivity index (χ3v) is 6.06. The van der Waals surface area contributed by atoms with Crippen LogP contribution >= 0.6 is 0 Å². The molecule has 2 fully saturated rings. The number of benzene rings is 1. The van der Waals surface area contributed by atoms with E-state index in [4.69, 9.17) is 4.74 Å². The molecule has 6 nitrogen and oxygen atoms in total. The predicted molar refractivity (Wildman–Crippen MR) is 97.8 cm³/mol. The smallest absolute Gasteiger partial charge is 0.208 e. The van der Waals surface area contributed by atoms with Crippen LogP contribution < -0.4 is 4.72 Å². The summed E-state index contributed by atoms with van der Waals surface area (Å²) in [7, 11) is -3.12. The molecule has 2 saturated heterocycles. The number of rotatable bonds is 5. The third-order valence-electron chi connectivity index (χ3n) is 5.37. The molecular formula is C18H25N3O3S. The van der Waals surface area contributed by atoms with Crippen LogP contribution in [-0.4, -0.2) is 56.4 Å². The maximum Gasteiger partial charge on any atom is 0.208 e. The topological polar surface area (TPSA) is 74.4 Å². The summed E-state index contributed by atoms with van der Waals surface area (Å²) >= 11 is 0. The van der Waals surface area contributed by atoms with Crippen LogP contribution in [0.4, 0.5) is 0 Å². The molecule has 2 aliphatic rings. The van der Waals surface area contributed by atoms with Gasteiger partial charge in [-0.3, -0.25) is 4.90 Å². The highest BCUT2D eigenvalue weighted by Crippen LogP contribution is 2.37. The molecule has 0 amide bonds. The van der Waals surface area contributed by atoms with Crippen molar-refractivity contribution in [2.75, 3.05) is 32.5 Å². The molecule has 2 aliphatic heterocycles. The summed E-state index contributed by atoms with van der Waals surface area (Å²) in [4.78, 5) is 5.69. The largest absolute Gasteiger partial charge is 0.372 e. The molecule has 3 heterocycles. The highest BCUT2D eigenvalue weighted by molar-refractivity contribution is 7.88. The predicted octanol–water partition coefficient (Wildman–Crippen LogP) is 1.70. The molecule has 7 heteroatoms. The summed E-state index contributed by atoms with van der Waals surface area (Å²) in [6.45, 7) is 3.98. The summed E-state index contributed by atoms with van der Waals surface area (Å²) in [5.41, 5.74) is 2.51. The standard InChI is InChI=1S/C18H25N3O3S/c1-25(22,23)20-9-14-5-7-18(24-11-14)12-21(13-18)10-15-3-2-4-17-16(15)6-8-19-17/h2-4,6,8,14,19-20H,5,7,9-13H2,1H3. The zero-order chi connectivity index (χ0) is 17.5. The van der Waals surface area contributed by atoms with Crippen LogP contribution in [0.15, 0.2) is 30.5 Å². The molecule has 0 bridgehead atoms. The number of hydrogen-bond acceptors (Lipinski definition) is 4. The van der Waals surface area contributed by atoms with Crippen LogP contribution in [0.1, 0.15) is 18.4 Å². The second kappa shape index (κ2) is 6.39. The average molecular weight is 363 g/mol. The van der Waals surface area contributed by atoms with E-state index in [1.807, 2.05) is 6.20 Å². The van der Waals surface area contributed by atoms with Gasteiger partial charge in [0.2, 0.25) is 10.0 Å². The number of aromatic nitrogens is 1. The van der Waals surface area contributed by atoms with E-state index < -0.39 is 10.0 Å². The van der Waals surface area contributed by atoms with Crippen LogP contribution in [0.5, 0.6) is 0 Å². The fourth-order valence-electron chi connectivity index (χ4n) is 4.01. The quantitative estimate of drug-likeness (QED) is 0.848. The van der Waals surface area contributed by atoms with Crippen LogP contribution in [0, 0.1) is 5.92 Å². The second-order valence-electron chi connectivity index (χ2n) is 7.52. The van der Waals surface area contributed by atoms with Crippen LogP contribution in [0.2, 0.25) is 0 Å². The Morgan fingerprint density at radius 1 is 1.36 bits per heavy atom. The molecule has 1 aromatic carbocycles. The van der Waals surface area contributed by atoms with E-state index in [1.54, 1.807) is 0 Å². The number of H-pyrrole nitrogens is 1. The summed E-state index contributed by atoms with van der Waals surface area (Å²) in [6.07, 6.45) is 5.21. The molecule has 25 heavy (non-hydrogen) atoms. The van der Waals surface area contributed by atoms with Crippen molar-refractivity contribution in [3.8, 4) is 0 Å². The first-order valence-electron chi connectivity index (χ1n) is 8.78. The molecule has 2 aromatic rings. The molecule has 1 aromatic heterocycles. The highest BCUT2D eigenvalue weighted by atomic mass is 32.2. The fourth-order valence-corrected chi connectivity index (χ4v) is 4.55. The SMILES string of the molecule is CS(=O)(=O)NCC1CCC2(CN(Cc3cccc4[nH]ccc34)C2)OC1. The summed E-state index contributed by atoms with van der Waals surface area (Å²) in [5, 5.41) is 1.29. The first-order chi connectivity index (χ1) is 11.9. The fraction of sp³-hybridized carbons (Fsp3) is 0.556. The zero-order valence-corrected chi connectivity index (χ0v) is 15.3. The summed E-state index contributed by atoms with van der Waals surface area (Å²) in [6, 6.07) is 8.53. The Balaban J connectivity index is 1.29. The summed E-state index contributed by atoms with van der Waals surface area (Å²) < 4.78 is 31.1. The molecule has 136 valence electrons. The maximum atomic E-state index is 11.2. The minimum atomic E-state index is -3.12. The maximum absolute atomic E-state index is 11.2. The van der Waals surface area contributed by atoms with E-state index >= 15 is 0 Å².